The van der Waals surface area contributed by atoms with Gasteiger partial charge < -0.3 is 9.30 Å². The number of nitrogens with one attached hydrogen (secondary N) is 1. The zero-order chi connectivity index (χ0) is 21.1. The van der Waals surface area contributed by atoms with Crippen LogP contribution in [0.15, 0.2) is 66.1 Å². The minimum Gasteiger partial charge on any atom is -0.438 e. The van der Waals surface area contributed by atoms with Crippen LogP contribution in [0.5, 0.6) is 11.6 Å². The summed E-state index contributed by atoms with van der Waals surface area (Å²) in [5.74, 6) is 2.00. The van der Waals surface area contributed by atoms with E-state index in [9.17, 15) is 8.42 Å². The van der Waals surface area contributed by atoms with E-state index in [4.69, 9.17) is 4.74 Å². The molecule has 3 aromatic heterocycles. The molecular weight excluding hydrogens is 406 g/mol. The van der Waals surface area contributed by atoms with Crippen LogP contribution in [0.4, 0.5) is 5.69 Å². The van der Waals surface area contributed by atoms with Gasteiger partial charge in [-0.2, -0.15) is 13.5 Å². The standard InChI is InChI=1S/C19H19N7O3S/c1-3-25-13-19(21-14(25)2)30(27,28)24-15-5-7-16(8-6-15)29-18-10-9-17(22-23-18)26-12-4-11-20-26/h4-13,24H,3H2,1-2H3. The molecule has 0 atom stereocenters. The van der Waals surface area contributed by atoms with Crippen LogP contribution >= 0.6 is 0 Å². The zero-order valence-corrected chi connectivity index (χ0v) is 17.1. The number of hydrogen-bond donors (Lipinski definition) is 1. The maximum absolute atomic E-state index is 12.5. The van der Waals surface area contributed by atoms with Gasteiger partial charge in [-0.1, -0.05) is 0 Å². The highest BCUT2D eigenvalue weighted by molar-refractivity contribution is 7.92. The first-order valence-corrected chi connectivity index (χ1v) is 10.6. The molecule has 0 fully saturated rings. The van der Waals surface area contributed by atoms with Gasteiger partial charge in [-0.15, -0.1) is 10.2 Å². The number of imidazole rings is 1. The molecule has 0 radical (unpaired) electrons. The Hall–Kier alpha value is -3.73. The van der Waals surface area contributed by atoms with Crippen LogP contribution in [0, 0.1) is 6.92 Å². The van der Waals surface area contributed by atoms with E-state index >= 15 is 0 Å². The Morgan fingerprint density at radius 2 is 1.90 bits per heavy atom. The maximum Gasteiger partial charge on any atom is 0.280 e. The van der Waals surface area contributed by atoms with Crippen molar-refractivity contribution in [1.29, 1.82) is 0 Å². The first-order chi connectivity index (χ1) is 14.4. The summed E-state index contributed by atoms with van der Waals surface area (Å²) in [6.07, 6.45) is 4.93. The smallest absolute Gasteiger partial charge is 0.280 e. The Kier molecular flexibility index (Phi) is 5.19. The minimum absolute atomic E-state index is 0.0188. The SMILES string of the molecule is CCn1cc(S(=O)(=O)Nc2ccc(Oc3ccc(-n4cccn4)nn3)cc2)nc1C. The minimum atomic E-state index is -3.78. The molecule has 1 aromatic carbocycles. The molecule has 0 bridgehead atoms. The highest BCUT2D eigenvalue weighted by atomic mass is 32.2. The Morgan fingerprint density at radius 3 is 2.50 bits per heavy atom. The lowest BCUT2D eigenvalue weighted by Crippen LogP contribution is -2.13. The predicted molar refractivity (Wildman–Crippen MR) is 109 cm³/mol. The van der Waals surface area contributed by atoms with Gasteiger partial charge >= 0.3 is 0 Å². The number of aryl methyl sites for hydroxylation is 2. The molecule has 4 aromatic rings. The largest absolute Gasteiger partial charge is 0.438 e. The molecule has 0 spiro atoms. The number of hydrogen-bond acceptors (Lipinski definition) is 7. The molecular formula is C19H19N7O3S. The number of aromatic nitrogens is 6. The number of benzene rings is 1. The van der Waals surface area contributed by atoms with Gasteiger partial charge in [0, 0.05) is 36.9 Å². The number of anilines is 1. The van der Waals surface area contributed by atoms with Crippen molar-refractivity contribution in [3.63, 3.8) is 0 Å². The van der Waals surface area contributed by atoms with Crippen molar-refractivity contribution in [1.82, 2.24) is 29.5 Å². The van der Waals surface area contributed by atoms with E-state index in [0.29, 0.717) is 35.5 Å². The molecule has 0 saturated heterocycles. The van der Waals surface area contributed by atoms with Gasteiger partial charge in [0.1, 0.15) is 11.6 Å². The van der Waals surface area contributed by atoms with E-state index in [1.807, 2.05) is 6.92 Å². The van der Waals surface area contributed by atoms with Crippen molar-refractivity contribution in [3.05, 3.63) is 66.9 Å². The zero-order valence-electron chi connectivity index (χ0n) is 16.3. The van der Waals surface area contributed by atoms with E-state index in [1.54, 1.807) is 71.0 Å². The second-order valence-corrected chi connectivity index (χ2v) is 7.95. The third-order valence-electron chi connectivity index (χ3n) is 4.26. The van der Waals surface area contributed by atoms with Gasteiger partial charge in [-0.3, -0.25) is 4.72 Å². The third kappa shape index (κ3) is 4.15. The van der Waals surface area contributed by atoms with Gasteiger partial charge in [-0.25, -0.2) is 9.67 Å². The normalized spacial score (nSPS) is 11.4. The molecule has 3 heterocycles. The topological polar surface area (TPSA) is 117 Å². The quantitative estimate of drug-likeness (QED) is 0.484. The molecule has 30 heavy (non-hydrogen) atoms. The van der Waals surface area contributed by atoms with Crippen LogP contribution in [0.2, 0.25) is 0 Å². The molecule has 10 nitrogen and oxygen atoms in total. The van der Waals surface area contributed by atoms with Crippen molar-refractivity contribution in [2.75, 3.05) is 4.72 Å². The Bertz CT molecular complexity index is 1230. The van der Waals surface area contributed by atoms with E-state index in [-0.39, 0.29) is 5.03 Å². The number of rotatable bonds is 7. The lowest BCUT2D eigenvalue weighted by Gasteiger charge is -2.08. The predicted octanol–water partition coefficient (Wildman–Crippen LogP) is 2.78. The Balaban J connectivity index is 1.43. The van der Waals surface area contributed by atoms with Crippen LogP contribution in [-0.4, -0.2) is 37.9 Å². The molecule has 4 rings (SSSR count). The van der Waals surface area contributed by atoms with E-state index < -0.39 is 10.0 Å². The van der Waals surface area contributed by atoms with Crippen molar-refractivity contribution >= 4 is 15.7 Å². The summed E-state index contributed by atoms with van der Waals surface area (Å²) in [7, 11) is -3.78. The van der Waals surface area contributed by atoms with Crippen molar-refractivity contribution in [2.24, 2.45) is 0 Å². The third-order valence-corrected chi connectivity index (χ3v) is 5.52. The van der Waals surface area contributed by atoms with Crippen molar-refractivity contribution in [2.45, 2.75) is 25.4 Å². The first kappa shape index (κ1) is 19.6. The fraction of sp³-hybridized carbons (Fsp3) is 0.158. The monoisotopic (exact) mass is 425 g/mol. The lowest BCUT2D eigenvalue weighted by atomic mass is 10.3. The summed E-state index contributed by atoms with van der Waals surface area (Å²) in [5.41, 5.74) is 0.395. The summed E-state index contributed by atoms with van der Waals surface area (Å²) >= 11 is 0. The molecule has 0 saturated carbocycles. The molecule has 1 N–H and O–H groups in total. The van der Waals surface area contributed by atoms with Crippen molar-refractivity contribution < 1.29 is 13.2 Å². The van der Waals surface area contributed by atoms with Gasteiger partial charge in [0.15, 0.2) is 10.8 Å². The Morgan fingerprint density at radius 1 is 1.10 bits per heavy atom. The summed E-state index contributed by atoms with van der Waals surface area (Å²) in [5, 5.41) is 12.1. The fourth-order valence-electron chi connectivity index (χ4n) is 2.74. The van der Waals surface area contributed by atoms with Crippen LogP contribution < -0.4 is 9.46 Å². The second-order valence-electron chi connectivity index (χ2n) is 6.32. The highest BCUT2D eigenvalue weighted by Gasteiger charge is 2.19. The molecule has 0 aliphatic carbocycles. The number of nitrogens with zero attached hydrogens (tertiary/aromatic N) is 6. The molecule has 154 valence electrons. The molecule has 0 amide bonds. The number of ether oxygens (including phenoxy) is 1. The van der Waals surface area contributed by atoms with E-state index in [0.717, 1.165) is 0 Å². The lowest BCUT2D eigenvalue weighted by molar-refractivity contribution is 0.454. The summed E-state index contributed by atoms with van der Waals surface area (Å²) in [4.78, 5) is 4.11. The van der Waals surface area contributed by atoms with Gasteiger partial charge in [-0.05, 0) is 50.2 Å². The molecule has 0 unspecified atom stereocenters. The summed E-state index contributed by atoms with van der Waals surface area (Å²) < 4.78 is 36.6. The molecule has 11 heteroatoms. The van der Waals surface area contributed by atoms with Gasteiger partial charge in [0.25, 0.3) is 10.0 Å². The van der Waals surface area contributed by atoms with E-state index in [1.165, 1.54) is 6.20 Å². The molecule has 0 aliphatic rings. The van der Waals surface area contributed by atoms with Crippen molar-refractivity contribution in [3.8, 4) is 17.4 Å². The maximum atomic E-state index is 12.5. The fourth-order valence-corrected chi connectivity index (χ4v) is 3.81. The van der Waals surface area contributed by atoms with Crippen LogP contribution in [0.25, 0.3) is 5.82 Å². The van der Waals surface area contributed by atoms with Crippen LogP contribution in [-0.2, 0) is 16.6 Å². The van der Waals surface area contributed by atoms with Crippen LogP contribution in [0.3, 0.4) is 0 Å². The Labute approximate surface area is 173 Å². The summed E-state index contributed by atoms with van der Waals surface area (Å²) in [6.45, 7) is 4.33. The van der Waals surface area contributed by atoms with Gasteiger partial charge in [0.2, 0.25) is 5.88 Å². The highest BCUT2D eigenvalue weighted by Crippen LogP contribution is 2.23. The van der Waals surface area contributed by atoms with Gasteiger partial charge in [0.05, 0.1) is 0 Å². The van der Waals surface area contributed by atoms with Crippen LogP contribution in [0.1, 0.15) is 12.7 Å². The first-order valence-electron chi connectivity index (χ1n) is 9.13. The average molecular weight is 425 g/mol. The summed E-state index contributed by atoms with van der Waals surface area (Å²) in [6, 6.07) is 11.7. The second kappa shape index (κ2) is 7.95. The van der Waals surface area contributed by atoms with E-state index in [2.05, 4.69) is 25.0 Å². The average Bonchev–Trinajstić information content (AvgIpc) is 3.40. The molecule has 0 aliphatic heterocycles. The number of sulfonamides is 1.